The maximum atomic E-state index is 14.7. The van der Waals surface area contributed by atoms with Gasteiger partial charge in [-0.2, -0.15) is 5.26 Å². The zero-order valence-electron chi connectivity index (χ0n) is 19.9. The second-order valence-corrected chi connectivity index (χ2v) is 8.89. The molecule has 2 aromatic carbocycles. The number of esters is 1. The highest BCUT2D eigenvalue weighted by Gasteiger charge is 2.28. The summed E-state index contributed by atoms with van der Waals surface area (Å²) in [6, 6.07) is 13.9. The van der Waals surface area contributed by atoms with Crippen molar-refractivity contribution in [2.45, 2.75) is 18.8 Å². The van der Waals surface area contributed by atoms with Crippen LogP contribution in [0.3, 0.4) is 0 Å². The summed E-state index contributed by atoms with van der Waals surface area (Å²) < 4.78 is 27.0. The highest BCUT2D eigenvalue weighted by Crippen LogP contribution is 2.42. The van der Waals surface area contributed by atoms with Crippen LogP contribution in [-0.2, 0) is 11.8 Å². The molecule has 0 spiro atoms. The van der Waals surface area contributed by atoms with Gasteiger partial charge in [-0.05, 0) is 60.4 Å². The Hall–Kier alpha value is -4.91. The Morgan fingerprint density at radius 1 is 1.16 bits per heavy atom. The highest BCUT2D eigenvalue weighted by atomic mass is 19.1. The quantitative estimate of drug-likeness (QED) is 0.312. The topological polar surface area (TPSA) is 120 Å². The van der Waals surface area contributed by atoms with E-state index in [1.165, 1.54) is 13.2 Å². The van der Waals surface area contributed by atoms with Crippen LogP contribution < -0.4 is 0 Å². The summed E-state index contributed by atoms with van der Waals surface area (Å²) in [6.07, 6.45) is 3.63. The van der Waals surface area contributed by atoms with Crippen molar-refractivity contribution >= 4 is 17.1 Å². The number of pyridine rings is 1. The average molecular weight is 494 g/mol. The lowest BCUT2D eigenvalue weighted by Gasteiger charge is -2.12. The van der Waals surface area contributed by atoms with Crippen LogP contribution in [0.5, 0.6) is 0 Å². The fourth-order valence-electron chi connectivity index (χ4n) is 4.32. The smallest absolute Gasteiger partial charge is 0.338 e. The van der Waals surface area contributed by atoms with Crippen LogP contribution >= 0.6 is 0 Å². The zero-order valence-corrected chi connectivity index (χ0v) is 19.9. The molecule has 1 aliphatic rings. The molecule has 1 aliphatic carbocycles. The number of rotatable bonds is 5. The van der Waals surface area contributed by atoms with Gasteiger partial charge in [-0.25, -0.2) is 19.2 Å². The number of ether oxygens (including phenoxy) is 1. The second kappa shape index (κ2) is 8.64. The first-order valence-electron chi connectivity index (χ1n) is 11.5. The van der Waals surface area contributed by atoms with E-state index < -0.39 is 11.8 Å². The number of aryl methyl sites for hydroxylation is 1. The predicted octanol–water partition coefficient (Wildman–Crippen LogP) is 5.03. The maximum absolute atomic E-state index is 14.7. The van der Waals surface area contributed by atoms with Crippen molar-refractivity contribution in [1.82, 2.24) is 24.7 Å². The van der Waals surface area contributed by atoms with Gasteiger partial charge in [-0.3, -0.25) is 0 Å². The molecule has 3 heterocycles. The van der Waals surface area contributed by atoms with E-state index in [1.54, 1.807) is 23.0 Å². The van der Waals surface area contributed by atoms with Gasteiger partial charge < -0.3 is 13.7 Å². The van der Waals surface area contributed by atoms with E-state index in [0.717, 1.165) is 41.3 Å². The maximum Gasteiger partial charge on any atom is 0.338 e. The molecular weight excluding hydrogens is 475 g/mol. The van der Waals surface area contributed by atoms with E-state index in [9.17, 15) is 14.4 Å². The summed E-state index contributed by atoms with van der Waals surface area (Å²) in [5.74, 6) is -0.334. The molecule has 0 unspecified atom stereocenters. The van der Waals surface area contributed by atoms with Crippen molar-refractivity contribution in [3.63, 3.8) is 0 Å². The average Bonchev–Trinajstić information content (AvgIpc) is 3.54. The monoisotopic (exact) mass is 494 g/mol. The van der Waals surface area contributed by atoms with Gasteiger partial charge in [-0.15, -0.1) is 10.2 Å². The van der Waals surface area contributed by atoms with Gasteiger partial charge in [-0.1, -0.05) is 6.07 Å². The van der Waals surface area contributed by atoms with Gasteiger partial charge in [0.05, 0.1) is 24.3 Å². The first kappa shape index (κ1) is 22.5. The molecule has 5 aromatic rings. The van der Waals surface area contributed by atoms with Crippen LogP contribution in [0.4, 0.5) is 4.39 Å². The third-order valence-electron chi connectivity index (χ3n) is 6.34. The Kier molecular flexibility index (Phi) is 5.26. The molecule has 0 amide bonds. The van der Waals surface area contributed by atoms with Crippen LogP contribution in [0.25, 0.3) is 45.2 Å². The van der Waals surface area contributed by atoms with Crippen molar-refractivity contribution in [2.75, 3.05) is 7.11 Å². The van der Waals surface area contributed by atoms with E-state index in [1.807, 2.05) is 25.2 Å². The molecule has 0 N–H and O–H groups in total. The summed E-state index contributed by atoms with van der Waals surface area (Å²) in [4.78, 5) is 21.1. The Labute approximate surface area is 210 Å². The lowest BCUT2D eigenvalue weighted by atomic mass is 9.96. The standard InChI is InChI=1S/C27H19FN6O3/c1-34-13-30-33-25(34)19-7-14(12-29)3-6-18(19)16-9-21(15-4-5-15)31-23(10-16)26-32-22-11-17(27(35)36-2)8-20(28)24(22)37-26/h3,6-11,13,15H,4-5H2,1-2H3. The highest BCUT2D eigenvalue weighted by molar-refractivity contribution is 5.93. The molecule has 0 radical (unpaired) electrons. The van der Waals surface area contributed by atoms with Gasteiger partial charge in [0, 0.05) is 24.2 Å². The summed E-state index contributed by atoms with van der Waals surface area (Å²) in [5.41, 5.74) is 4.36. The normalized spacial score (nSPS) is 13.0. The van der Waals surface area contributed by atoms with Gasteiger partial charge in [0.1, 0.15) is 17.5 Å². The lowest BCUT2D eigenvalue weighted by Crippen LogP contribution is -2.01. The number of carbonyl (C=O) groups excluding carboxylic acids is 1. The summed E-state index contributed by atoms with van der Waals surface area (Å²) in [6.45, 7) is 0. The number of carbonyl (C=O) groups is 1. The van der Waals surface area contributed by atoms with E-state index in [2.05, 4.69) is 21.3 Å². The third-order valence-corrected chi connectivity index (χ3v) is 6.34. The first-order chi connectivity index (χ1) is 17.9. The predicted molar refractivity (Wildman–Crippen MR) is 131 cm³/mol. The minimum Gasteiger partial charge on any atom is -0.465 e. The van der Waals surface area contributed by atoms with Crippen molar-refractivity contribution < 1.29 is 18.3 Å². The Morgan fingerprint density at radius 3 is 2.70 bits per heavy atom. The van der Waals surface area contributed by atoms with Crippen LogP contribution in [0.2, 0.25) is 0 Å². The van der Waals surface area contributed by atoms with Crippen LogP contribution in [-0.4, -0.2) is 37.8 Å². The molecule has 6 rings (SSSR count). The molecule has 37 heavy (non-hydrogen) atoms. The van der Waals surface area contributed by atoms with E-state index >= 15 is 0 Å². The van der Waals surface area contributed by atoms with Crippen molar-refractivity contribution in [3.05, 3.63) is 71.4 Å². The fourth-order valence-corrected chi connectivity index (χ4v) is 4.32. The van der Waals surface area contributed by atoms with E-state index in [0.29, 0.717) is 23.0 Å². The number of oxazole rings is 1. The molecule has 1 fully saturated rings. The number of methoxy groups -OCH3 is 1. The zero-order chi connectivity index (χ0) is 25.7. The number of aromatic nitrogens is 5. The van der Waals surface area contributed by atoms with Crippen molar-refractivity contribution in [2.24, 2.45) is 7.05 Å². The molecule has 0 bridgehead atoms. The Morgan fingerprint density at radius 2 is 2.00 bits per heavy atom. The number of halogens is 1. The molecule has 0 aliphatic heterocycles. The number of hydrogen-bond donors (Lipinski definition) is 0. The van der Waals surface area contributed by atoms with Crippen LogP contribution in [0.1, 0.15) is 40.4 Å². The van der Waals surface area contributed by atoms with E-state index in [-0.39, 0.29) is 22.6 Å². The molecule has 182 valence electrons. The fraction of sp³-hybridized carbons (Fsp3) is 0.185. The minimum absolute atomic E-state index is 0.0404. The molecule has 3 aromatic heterocycles. The molecule has 9 nitrogen and oxygen atoms in total. The van der Waals surface area contributed by atoms with Crippen LogP contribution in [0, 0.1) is 17.1 Å². The largest absolute Gasteiger partial charge is 0.465 e. The van der Waals surface area contributed by atoms with Gasteiger partial charge in [0.25, 0.3) is 0 Å². The number of hydrogen-bond acceptors (Lipinski definition) is 8. The Bertz CT molecular complexity index is 1750. The third kappa shape index (κ3) is 4.00. The number of nitriles is 1. The van der Waals surface area contributed by atoms with Gasteiger partial charge in [0.15, 0.2) is 17.2 Å². The molecule has 0 saturated heterocycles. The van der Waals surface area contributed by atoms with E-state index in [4.69, 9.17) is 14.1 Å². The second-order valence-electron chi connectivity index (χ2n) is 8.89. The molecular formula is C27H19FN6O3. The minimum atomic E-state index is -0.716. The molecule has 1 saturated carbocycles. The summed E-state index contributed by atoms with van der Waals surface area (Å²) in [5, 5.41) is 17.7. The summed E-state index contributed by atoms with van der Waals surface area (Å²) >= 11 is 0. The van der Waals surface area contributed by atoms with Crippen molar-refractivity contribution in [1.29, 1.82) is 5.26 Å². The Balaban J connectivity index is 1.53. The first-order valence-corrected chi connectivity index (χ1v) is 11.5. The van der Waals surface area contributed by atoms with Gasteiger partial charge in [0.2, 0.25) is 5.89 Å². The van der Waals surface area contributed by atoms with Crippen molar-refractivity contribution in [3.8, 4) is 40.2 Å². The molecule has 10 heteroatoms. The van der Waals surface area contributed by atoms with Gasteiger partial charge >= 0.3 is 5.97 Å². The van der Waals surface area contributed by atoms with Crippen LogP contribution in [0.15, 0.2) is 53.2 Å². The number of benzene rings is 2. The lowest BCUT2D eigenvalue weighted by molar-refractivity contribution is 0.0600. The SMILES string of the molecule is COC(=O)c1cc(F)c2oc(-c3cc(-c4ccc(C#N)cc4-c4nncn4C)cc(C4CC4)n3)nc2c1. The number of nitrogens with zero attached hydrogens (tertiary/aromatic N) is 6. The number of fused-ring (bicyclic) bond motifs is 1. The molecule has 0 atom stereocenters. The summed E-state index contributed by atoms with van der Waals surface area (Å²) in [7, 11) is 3.06.